The first-order valence-corrected chi connectivity index (χ1v) is 6.54. The van der Waals surface area contributed by atoms with E-state index in [4.69, 9.17) is 2.74 Å². The Morgan fingerprint density at radius 1 is 0.818 bits per heavy atom. The number of carboxylic acid groups (broad SMARTS) is 1. The zero-order valence-electron chi connectivity index (χ0n) is 14.2. The molecule has 3 aromatic rings. The summed E-state index contributed by atoms with van der Waals surface area (Å²) in [6.45, 7) is 0. The molecule has 0 aliphatic heterocycles. The fourth-order valence-electron chi connectivity index (χ4n) is 2.29. The van der Waals surface area contributed by atoms with Crippen molar-refractivity contribution in [2.45, 2.75) is 0 Å². The van der Waals surface area contributed by atoms with Crippen molar-refractivity contribution in [2.75, 3.05) is 0 Å². The molecule has 0 unspecified atom stereocenters. The van der Waals surface area contributed by atoms with Crippen LogP contribution in [0.1, 0.15) is 13.1 Å². The van der Waals surface area contributed by atoms with Gasteiger partial charge in [-0.1, -0.05) is 72.7 Å². The van der Waals surface area contributed by atoms with E-state index >= 15 is 0 Å². The van der Waals surface area contributed by atoms with E-state index in [1.807, 2.05) is 6.07 Å². The topological polar surface area (TPSA) is 40.1 Å². The van der Waals surface area contributed by atoms with E-state index in [9.17, 15) is 9.90 Å². The van der Waals surface area contributed by atoms with E-state index < -0.39 is 5.97 Å². The minimum Gasteiger partial charge on any atom is -0.545 e. The molecular formula is C19H13KO2. The molecule has 22 heavy (non-hydrogen) atoms. The molecule has 0 fully saturated rings. The van der Waals surface area contributed by atoms with E-state index in [0.717, 1.165) is 16.7 Å². The summed E-state index contributed by atoms with van der Waals surface area (Å²) in [4.78, 5) is 11.5. The number of carbonyl (C=O) groups is 1. The van der Waals surface area contributed by atoms with Gasteiger partial charge in [0, 0.05) is 5.56 Å². The Hall–Kier alpha value is -1.23. The molecule has 0 bridgehead atoms. The molecule has 102 valence electrons. The van der Waals surface area contributed by atoms with E-state index in [1.165, 1.54) is 0 Å². The summed E-state index contributed by atoms with van der Waals surface area (Å²) in [5, 5.41) is 11.5. The largest absolute Gasteiger partial charge is 1.00 e. The van der Waals surface area contributed by atoms with Crippen LogP contribution in [0, 0.1) is 0 Å². The fraction of sp³-hybridized carbons (Fsp3) is 0. The first kappa shape index (κ1) is 14.4. The fourth-order valence-corrected chi connectivity index (χ4v) is 2.29. The van der Waals surface area contributed by atoms with Gasteiger partial charge in [0.2, 0.25) is 0 Å². The third-order valence-electron chi connectivity index (χ3n) is 3.32. The summed E-state index contributed by atoms with van der Waals surface area (Å²) in [7, 11) is 0. The van der Waals surface area contributed by atoms with Crippen LogP contribution in [0.15, 0.2) is 78.8 Å². The van der Waals surface area contributed by atoms with Gasteiger partial charge in [0.1, 0.15) is 0 Å². The van der Waals surface area contributed by atoms with E-state index in [2.05, 4.69) is 0 Å². The summed E-state index contributed by atoms with van der Waals surface area (Å²) in [6.07, 6.45) is 0. The predicted octanol–water partition coefficient (Wildman–Crippen LogP) is 0.388. The summed E-state index contributed by atoms with van der Waals surface area (Å²) in [5.74, 6) is -1.24. The molecule has 0 saturated heterocycles. The van der Waals surface area contributed by atoms with E-state index in [1.54, 1.807) is 60.7 Å². The number of carbonyl (C=O) groups excluding carboxylic acids is 1. The van der Waals surface area contributed by atoms with Gasteiger partial charge in [-0.2, -0.15) is 0 Å². The maximum Gasteiger partial charge on any atom is 1.00 e. The van der Waals surface area contributed by atoms with Crippen LogP contribution in [-0.4, -0.2) is 5.97 Å². The molecule has 2 nitrogen and oxygen atoms in total. The number of aromatic carboxylic acids is 1. The number of hydrogen-bond acceptors (Lipinski definition) is 2. The summed E-state index contributed by atoms with van der Waals surface area (Å²) < 4.78 is 15.0. The van der Waals surface area contributed by atoms with Crippen LogP contribution >= 0.6 is 0 Å². The van der Waals surface area contributed by atoms with Gasteiger partial charge in [-0.15, -0.1) is 0 Å². The summed E-state index contributed by atoms with van der Waals surface area (Å²) >= 11 is 0. The number of carboxylic acids is 1. The van der Waals surface area contributed by atoms with Gasteiger partial charge in [0.15, 0.2) is 0 Å². The minimum atomic E-state index is -1.24. The average Bonchev–Trinajstić information content (AvgIpc) is 2.56. The molecule has 0 amide bonds. The van der Waals surface area contributed by atoms with Crippen LogP contribution in [0.5, 0.6) is 0 Å². The van der Waals surface area contributed by atoms with Crippen molar-refractivity contribution in [3.63, 3.8) is 0 Å². The number of hydrogen-bond donors (Lipinski definition) is 0. The van der Waals surface area contributed by atoms with Crippen LogP contribution in [-0.2, 0) is 0 Å². The zero-order chi connectivity index (χ0) is 16.4. The maximum absolute atomic E-state index is 11.5. The Bertz CT molecular complexity index is 860. The Labute approximate surface area is 175 Å². The minimum absolute atomic E-state index is 0. The van der Waals surface area contributed by atoms with Gasteiger partial charge in [0.05, 0.1) is 8.71 Å². The number of rotatable bonds is 3. The molecule has 0 atom stereocenters. The molecule has 0 aliphatic carbocycles. The van der Waals surface area contributed by atoms with Crippen LogP contribution in [0.2, 0.25) is 0 Å². The SMILES string of the molecule is [3H]c1ccc(-c2ccc(-c3ccc([3H])cc3)c(C(=O)[O-])c2)cc1.[K+]. The smallest absolute Gasteiger partial charge is 0.545 e. The average molecular weight is 316 g/mol. The van der Waals surface area contributed by atoms with Crippen molar-refractivity contribution in [3.8, 4) is 22.3 Å². The zero-order valence-corrected chi connectivity index (χ0v) is 15.3. The second-order valence-corrected chi connectivity index (χ2v) is 4.63. The van der Waals surface area contributed by atoms with Gasteiger partial charge < -0.3 is 9.90 Å². The molecule has 3 rings (SSSR count). The van der Waals surface area contributed by atoms with Crippen LogP contribution in [0.25, 0.3) is 22.3 Å². The van der Waals surface area contributed by atoms with Crippen molar-refractivity contribution in [2.24, 2.45) is 0 Å². The molecule has 3 aromatic carbocycles. The monoisotopic (exact) mass is 316 g/mol. The first-order chi connectivity index (χ1) is 11.0. The van der Waals surface area contributed by atoms with Crippen LogP contribution in [0.3, 0.4) is 0 Å². The Morgan fingerprint density at radius 3 is 1.91 bits per heavy atom. The molecule has 0 saturated carbocycles. The predicted molar refractivity (Wildman–Crippen MR) is 81.6 cm³/mol. The van der Waals surface area contributed by atoms with Gasteiger partial charge in [-0.3, -0.25) is 0 Å². The standard InChI is InChI=1S/C19H14O2.K/c20-19(21)18-13-16(14-7-3-1-4-8-14)11-12-17(18)15-9-5-2-6-10-15;/h1-13H,(H,20,21);/q;+1/p-1/i1T,2T;. The molecule has 0 spiro atoms. The third-order valence-corrected chi connectivity index (χ3v) is 3.32. The molecule has 0 heterocycles. The second kappa shape index (κ2) is 7.86. The van der Waals surface area contributed by atoms with Crippen molar-refractivity contribution < 1.29 is 64.0 Å². The Morgan fingerprint density at radius 2 is 1.36 bits per heavy atom. The van der Waals surface area contributed by atoms with Crippen molar-refractivity contribution in [3.05, 3.63) is 84.4 Å². The summed E-state index contributed by atoms with van der Waals surface area (Å²) in [6, 6.07) is 19.5. The van der Waals surface area contributed by atoms with E-state index in [-0.39, 0.29) is 56.9 Å². The molecular weight excluding hydrogens is 299 g/mol. The normalized spacial score (nSPS) is 11.1. The van der Waals surface area contributed by atoms with Crippen molar-refractivity contribution in [1.29, 1.82) is 0 Å². The Kier molecular flexibility index (Phi) is 5.13. The van der Waals surface area contributed by atoms with Crippen molar-refractivity contribution in [1.82, 2.24) is 0 Å². The molecule has 0 aromatic heterocycles. The van der Waals surface area contributed by atoms with Crippen LogP contribution in [0.4, 0.5) is 0 Å². The first-order valence-electron chi connectivity index (χ1n) is 7.54. The summed E-state index contributed by atoms with van der Waals surface area (Å²) in [5.41, 5.74) is 3.00. The van der Waals surface area contributed by atoms with Crippen molar-refractivity contribution >= 4 is 5.97 Å². The van der Waals surface area contributed by atoms with Gasteiger partial charge in [0.25, 0.3) is 0 Å². The van der Waals surface area contributed by atoms with Gasteiger partial charge >= 0.3 is 51.4 Å². The molecule has 3 heteroatoms. The van der Waals surface area contributed by atoms with Gasteiger partial charge in [-0.05, 0) is 28.3 Å². The molecule has 0 aliphatic rings. The molecule has 0 N–H and O–H groups in total. The van der Waals surface area contributed by atoms with Gasteiger partial charge in [-0.25, -0.2) is 0 Å². The Balaban J connectivity index is 0.00000208. The quantitative estimate of drug-likeness (QED) is 0.656. The third kappa shape index (κ3) is 3.75. The number of benzene rings is 3. The second-order valence-electron chi connectivity index (χ2n) is 4.63. The van der Waals surface area contributed by atoms with E-state index in [0.29, 0.717) is 17.6 Å². The maximum atomic E-state index is 11.5. The molecule has 0 radical (unpaired) electrons. The van der Waals surface area contributed by atoms with Crippen LogP contribution < -0.4 is 56.5 Å².